The second kappa shape index (κ2) is 6.37. The summed E-state index contributed by atoms with van der Waals surface area (Å²) in [6, 6.07) is 2.41. The second-order valence-electron chi connectivity index (χ2n) is 10.3. The molecule has 4 heteroatoms. The van der Waals surface area contributed by atoms with Gasteiger partial charge < -0.3 is 18.9 Å². The van der Waals surface area contributed by atoms with Crippen molar-refractivity contribution >= 4 is 0 Å². The lowest BCUT2D eigenvalue weighted by Gasteiger charge is -2.57. The maximum Gasteiger partial charge on any atom is 0.129 e. The molecule has 1 aromatic carbocycles. The minimum Gasteiger partial charge on any atom is -0.490 e. The lowest BCUT2D eigenvalue weighted by atomic mass is 9.48. The van der Waals surface area contributed by atoms with E-state index in [1.165, 1.54) is 55.2 Å². The Hall–Kier alpha value is -1.26. The molecule has 2 unspecified atom stereocenters. The van der Waals surface area contributed by atoms with Gasteiger partial charge in [0.05, 0.1) is 13.2 Å². The topological polar surface area (TPSA) is 43.5 Å². The fraction of sp³-hybridized carbons (Fsp3) is 0.750. The van der Waals surface area contributed by atoms with E-state index in [2.05, 4.69) is 19.9 Å². The van der Waals surface area contributed by atoms with Gasteiger partial charge in [0.1, 0.15) is 36.9 Å². The molecule has 2 atom stereocenters. The molecule has 2 heterocycles. The molecule has 152 valence electrons. The summed E-state index contributed by atoms with van der Waals surface area (Å²) in [6.07, 6.45) is 8.99. The van der Waals surface area contributed by atoms with Gasteiger partial charge in [-0.2, -0.15) is 0 Å². The molecule has 0 spiro atoms. The van der Waals surface area contributed by atoms with E-state index in [4.69, 9.17) is 18.9 Å². The molecule has 4 bridgehead atoms. The molecular formula is C24H32O4. The van der Waals surface area contributed by atoms with Crippen molar-refractivity contribution in [2.45, 2.75) is 70.0 Å². The van der Waals surface area contributed by atoms with Crippen molar-refractivity contribution in [2.24, 2.45) is 17.8 Å². The SMILES string of the molecule is Cc1cc(C23CC4CC(CC(C4)C2)C3)c(OCC2CO2)c(C)c1OCC1CO1. The summed E-state index contributed by atoms with van der Waals surface area (Å²) < 4.78 is 23.4. The summed E-state index contributed by atoms with van der Waals surface area (Å²) in [5, 5.41) is 0. The zero-order valence-corrected chi connectivity index (χ0v) is 17.2. The third-order valence-corrected chi connectivity index (χ3v) is 7.89. The Morgan fingerprint density at radius 2 is 1.36 bits per heavy atom. The highest BCUT2D eigenvalue weighted by Gasteiger charge is 2.53. The van der Waals surface area contributed by atoms with Gasteiger partial charge in [0.25, 0.3) is 0 Å². The predicted molar refractivity (Wildman–Crippen MR) is 106 cm³/mol. The lowest BCUT2D eigenvalue weighted by molar-refractivity contribution is -0.00655. The van der Waals surface area contributed by atoms with E-state index in [9.17, 15) is 0 Å². The molecule has 4 aliphatic carbocycles. The van der Waals surface area contributed by atoms with Crippen molar-refractivity contribution in [3.63, 3.8) is 0 Å². The third-order valence-electron chi connectivity index (χ3n) is 7.89. The highest BCUT2D eigenvalue weighted by Crippen LogP contribution is 2.62. The van der Waals surface area contributed by atoms with Crippen molar-refractivity contribution in [2.75, 3.05) is 26.4 Å². The van der Waals surface area contributed by atoms with Crippen LogP contribution in [0.4, 0.5) is 0 Å². The Kier molecular flexibility index (Phi) is 4.00. The fourth-order valence-corrected chi connectivity index (χ4v) is 6.87. The molecule has 0 radical (unpaired) electrons. The molecule has 6 aliphatic rings. The van der Waals surface area contributed by atoms with Crippen molar-refractivity contribution in [3.8, 4) is 11.5 Å². The standard InChI is InChI=1S/C24H32O4/c1-14-3-21(24-7-16-4-17(8-24)6-18(5-16)9-24)23(28-13-20-11-26-20)15(2)22(14)27-12-19-10-25-19/h3,16-20H,4-13H2,1-2H3. The minimum atomic E-state index is 0.269. The Morgan fingerprint density at radius 3 is 1.86 bits per heavy atom. The van der Waals surface area contributed by atoms with Gasteiger partial charge in [-0.15, -0.1) is 0 Å². The van der Waals surface area contributed by atoms with Gasteiger partial charge in [0.2, 0.25) is 0 Å². The summed E-state index contributed by atoms with van der Waals surface area (Å²) in [7, 11) is 0. The first-order valence-electron chi connectivity index (χ1n) is 11.2. The van der Waals surface area contributed by atoms with Crippen molar-refractivity contribution in [1.29, 1.82) is 0 Å². The number of rotatable bonds is 7. The first-order valence-corrected chi connectivity index (χ1v) is 11.2. The molecule has 1 aromatic rings. The van der Waals surface area contributed by atoms with Crippen molar-refractivity contribution in [3.05, 3.63) is 22.8 Å². The second-order valence-corrected chi connectivity index (χ2v) is 10.3. The van der Waals surface area contributed by atoms with Crippen molar-refractivity contribution in [1.82, 2.24) is 0 Å². The molecule has 6 fully saturated rings. The quantitative estimate of drug-likeness (QED) is 0.657. The average molecular weight is 385 g/mol. The normalized spacial score (nSPS) is 39.9. The van der Waals surface area contributed by atoms with Crippen LogP contribution in [-0.2, 0) is 14.9 Å². The Labute approximate surface area is 167 Å². The summed E-state index contributed by atoms with van der Waals surface area (Å²) in [4.78, 5) is 0. The van der Waals surface area contributed by atoms with E-state index >= 15 is 0 Å². The summed E-state index contributed by atoms with van der Waals surface area (Å²) in [5.41, 5.74) is 4.21. The van der Waals surface area contributed by atoms with Gasteiger partial charge in [-0.05, 0) is 87.2 Å². The number of aryl methyl sites for hydroxylation is 1. The molecule has 2 saturated heterocycles. The summed E-state index contributed by atoms with van der Waals surface area (Å²) >= 11 is 0. The van der Waals surface area contributed by atoms with Gasteiger partial charge in [-0.1, -0.05) is 0 Å². The van der Waals surface area contributed by atoms with Crippen LogP contribution in [0.1, 0.15) is 55.2 Å². The van der Waals surface area contributed by atoms with Crippen LogP contribution in [0.15, 0.2) is 6.07 Å². The monoisotopic (exact) mass is 384 g/mol. The molecule has 2 aliphatic heterocycles. The molecular weight excluding hydrogens is 352 g/mol. The minimum absolute atomic E-state index is 0.269. The number of epoxide rings is 2. The van der Waals surface area contributed by atoms with Crippen LogP contribution in [-0.4, -0.2) is 38.6 Å². The highest BCUT2D eigenvalue weighted by molar-refractivity contribution is 5.57. The maximum absolute atomic E-state index is 6.46. The van der Waals surface area contributed by atoms with Crippen LogP contribution in [0.3, 0.4) is 0 Å². The first-order chi connectivity index (χ1) is 13.6. The number of benzene rings is 1. The van der Waals surface area contributed by atoms with Gasteiger partial charge in [-0.3, -0.25) is 0 Å². The fourth-order valence-electron chi connectivity index (χ4n) is 6.87. The summed E-state index contributed by atoms with van der Waals surface area (Å²) in [6.45, 7) is 7.35. The van der Waals surface area contributed by atoms with Gasteiger partial charge >= 0.3 is 0 Å². The molecule has 0 N–H and O–H groups in total. The first kappa shape index (κ1) is 17.6. The zero-order chi connectivity index (χ0) is 18.9. The largest absolute Gasteiger partial charge is 0.490 e. The smallest absolute Gasteiger partial charge is 0.129 e. The third kappa shape index (κ3) is 3.04. The zero-order valence-electron chi connectivity index (χ0n) is 17.2. The van der Waals surface area contributed by atoms with Crippen LogP contribution < -0.4 is 9.47 Å². The van der Waals surface area contributed by atoms with Crippen LogP contribution in [0, 0.1) is 31.6 Å². The van der Waals surface area contributed by atoms with Crippen LogP contribution in [0.25, 0.3) is 0 Å². The van der Waals surface area contributed by atoms with Crippen LogP contribution in [0.2, 0.25) is 0 Å². The lowest BCUT2D eigenvalue weighted by Crippen LogP contribution is -2.48. The van der Waals surface area contributed by atoms with Gasteiger partial charge in [0.15, 0.2) is 0 Å². The van der Waals surface area contributed by atoms with Gasteiger partial charge in [-0.25, -0.2) is 0 Å². The maximum atomic E-state index is 6.46. The van der Waals surface area contributed by atoms with Crippen LogP contribution >= 0.6 is 0 Å². The number of hydrogen-bond donors (Lipinski definition) is 0. The predicted octanol–water partition coefficient (Wildman–Crippen LogP) is 4.33. The Morgan fingerprint density at radius 1 is 0.857 bits per heavy atom. The Balaban J connectivity index is 1.39. The molecule has 0 amide bonds. The van der Waals surface area contributed by atoms with E-state index in [0.717, 1.165) is 42.5 Å². The van der Waals surface area contributed by atoms with Crippen molar-refractivity contribution < 1.29 is 18.9 Å². The number of ether oxygens (including phenoxy) is 4. The molecule has 4 saturated carbocycles. The highest BCUT2D eigenvalue weighted by atomic mass is 16.6. The molecule has 28 heavy (non-hydrogen) atoms. The van der Waals surface area contributed by atoms with Crippen LogP contribution in [0.5, 0.6) is 11.5 Å². The average Bonchev–Trinajstić information content (AvgIpc) is 3.54. The molecule has 4 nitrogen and oxygen atoms in total. The van der Waals surface area contributed by atoms with E-state index in [1.54, 1.807) is 0 Å². The van der Waals surface area contributed by atoms with E-state index in [-0.39, 0.29) is 12.2 Å². The van der Waals surface area contributed by atoms with E-state index in [1.807, 2.05) is 0 Å². The Bertz CT molecular complexity index is 742. The van der Waals surface area contributed by atoms with E-state index < -0.39 is 0 Å². The van der Waals surface area contributed by atoms with E-state index in [0.29, 0.717) is 18.6 Å². The molecule has 7 rings (SSSR count). The number of hydrogen-bond acceptors (Lipinski definition) is 4. The molecule has 0 aromatic heterocycles. The summed E-state index contributed by atoms with van der Waals surface area (Å²) in [5.74, 6) is 4.86. The van der Waals surface area contributed by atoms with Gasteiger partial charge in [0, 0.05) is 11.1 Å².